The van der Waals surface area contributed by atoms with E-state index in [1.54, 1.807) is 17.0 Å². The molecule has 4 rings (SSSR count). The minimum atomic E-state index is -0.677. The summed E-state index contributed by atoms with van der Waals surface area (Å²) in [5.41, 5.74) is 2.78. The fourth-order valence-electron chi connectivity index (χ4n) is 4.72. The lowest BCUT2D eigenvalue weighted by atomic mass is 10.0. The predicted molar refractivity (Wildman–Crippen MR) is 159 cm³/mol. The van der Waals surface area contributed by atoms with E-state index in [9.17, 15) is 9.59 Å². The molecule has 1 aliphatic rings. The molecule has 1 N–H and O–H groups in total. The highest BCUT2D eigenvalue weighted by Crippen LogP contribution is 2.26. The van der Waals surface area contributed by atoms with Crippen LogP contribution in [0.15, 0.2) is 72.8 Å². The molecule has 0 radical (unpaired) electrons. The molecule has 3 aromatic carbocycles. The fourth-order valence-corrected chi connectivity index (χ4v) is 6.26. The minimum absolute atomic E-state index is 0.120. The van der Waals surface area contributed by atoms with Gasteiger partial charge in [0.1, 0.15) is 6.04 Å². The van der Waals surface area contributed by atoms with Crippen LogP contribution in [-0.2, 0) is 28.3 Å². The first-order valence-electron chi connectivity index (χ1n) is 12.8. The van der Waals surface area contributed by atoms with E-state index in [-0.39, 0.29) is 30.2 Å². The van der Waals surface area contributed by atoms with Gasteiger partial charge in [-0.1, -0.05) is 96.2 Å². The van der Waals surface area contributed by atoms with Crippen LogP contribution >= 0.6 is 46.6 Å². The van der Waals surface area contributed by atoms with Crippen molar-refractivity contribution in [3.63, 3.8) is 0 Å². The summed E-state index contributed by atoms with van der Waals surface area (Å²) in [5, 5.41) is 4.88. The first kappa shape index (κ1) is 28.8. The molecule has 1 atom stereocenters. The molecule has 0 saturated heterocycles. The number of rotatable bonds is 11. The van der Waals surface area contributed by atoms with Gasteiger partial charge in [-0.25, -0.2) is 0 Å². The SMILES string of the molecule is O=C(NC1CCCC1)[C@@H](Cc1ccccc1)N(Cc1ccc(Cl)cc1Cl)C(=O)CSCc1cccc(Cl)c1. The molecule has 0 spiro atoms. The van der Waals surface area contributed by atoms with Crippen LogP contribution in [0.1, 0.15) is 42.4 Å². The number of halogens is 3. The van der Waals surface area contributed by atoms with Gasteiger partial charge in [0.05, 0.1) is 5.75 Å². The molecular formula is C30H31Cl3N2O2S. The van der Waals surface area contributed by atoms with Gasteiger partial charge in [0.2, 0.25) is 11.8 Å². The van der Waals surface area contributed by atoms with E-state index < -0.39 is 6.04 Å². The molecule has 38 heavy (non-hydrogen) atoms. The second-order valence-electron chi connectivity index (χ2n) is 9.58. The van der Waals surface area contributed by atoms with E-state index >= 15 is 0 Å². The lowest BCUT2D eigenvalue weighted by Gasteiger charge is -2.32. The van der Waals surface area contributed by atoms with Gasteiger partial charge in [-0.2, -0.15) is 0 Å². The van der Waals surface area contributed by atoms with Crippen molar-refractivity contribution in [2.45, 2.75) is 56.5 Å². The standard InChI is InChI=1S/C30H31Cl3N2O2S/c31-24-10-6-9-22(15-24)19-38-20-29(36)35(18-23-13-14-25(32)17-27(23)33)28(16-21-7-2-1-3-8-21)30(37)34-26-11-4-5-12-26/h1-3,6-10,13-15,17,26,28H,4-5,11-12,16,18-20H2,(H,34,37)/t28-/m1/s1. The first-order chi connectivity index (χ1) is 18.4. The van der Waals surface area contributed by atoms with E-state index in [0.717, 1.165) is 42.4 Å². The molecule has 2 amide bonds. The van der Waals surface area contributed by atoms with Crippen molar-refractivity contribution in [1.82, 2.24) is 10.2 Å². The largest absolute Gasteiger partial charge is 0.352 e. The summed E-state index contributed by atoms with van der Waals surface area (Å²) in [7, 11) is 0. The van der Waals surface area contributed by atoms with Crippen LogP contribution in [0.2, 0.25) is 15.1 Å². The summed E-state index contributed by atoms with van der Waals surface area (Å²) in [5.74, 6) is 0.615. The van der Waals surface area contributed by atoms with E-state index in [0.29, 0.717) is 27.2 Å². The number of amides is 2. The van der Waals surface area contributed by atoms with Gasteiger partial charge in [-0.15, -0.1) is 11.8 Å². The summed E-state index contributed by atoms with van der Waals surface area (Å²) in [4.78, 5) is 29.2. The van der Waals surface area contributed by atoms with Gasteiger partial charge in [0, 0.05) is 39.8 Å². The number of carbonyl (C=O) groups is 2. The molecule has 200 valence electrons. The molecule has 4 nitrogen and oxygen atoms in total. The molecule has 0 heterocycles. The third-order valence-electron chi connectivity index (χ3n) is 6.71. The normalized spacial score (nSPS) is 14.3. The van der Waals surface area contributed by atoms with Crippen LogP contribution in [0.4, 0.5) is 0 Å². The highest BCUT2D eigenvalue weighted by Gasteiger charge is 2.32. The Morgan fingerprint density at radius 2 is 1.61 bits per heavy atom. The molecule has 8 heteroatoms. The minimum Gasteiger partial charge on any atom is -0.352 e. The number of thioether (sulfide) groups is 1. The third kappa shape index (κ3) is 8.41. The van der Waals surface area contributed by atoms with Crippen LogP contribution in [0, 0.1) is 0 Å². The van der Waals surface area contributed by atoms with Crippen molar-refractivity contribution in [3.8, 4) is 0 Å². The zero-order chi connectivity index (χ0) is 26.9. The Balaban J connectivity index is 1.59. The van der Waals surface area contributed by atoms with Crippen LogP contribution in [0.5, 0.6) is 0 Å². The van der Waals surface area contributed by atoms with Crippen molar-refractivity contribution in [2.75, 3.05) is 5.75 Å². The maximum Gasteiger partial charge on any atom is 0.243 e. The first-order valence-corrected chi connectivity index (χ1v) is 15.1. The van der Waals surface area contributed by atoms with Crippen molar-refractivity contribution in [2.24, 2.45) is 0 Å². The zero-order valence-electron chi connectivity index (χ0n) is 21.0. The molecule has 3 aromatic rings. The Bertz CT molecular complexity index is 1240. The van der Waals surface area contributed by atoms with Crippen molar-refractivity contribution in [3.05, 3.63) is 105 Å². The fraction of sp³-hybridized carbons (Fsp3) is 0.333. The summed E-state index contributed by atoms with van der Waals surface area (Å²) in [6.07, 6.45) is 4.57. The summed E-state index contributed by atoms with van der Waals surface area (Å²) in [6.45, 7) is 0.210. The quantitative estimate of drug-likeness (QED) is 0.251. The maximum atomic E-state index is 13.8. The summed E-state index contributed by atoms with van der Waals surface area (Å²) < 4.78 is 0. The van der Waals surface area contributed by atoms with Gasteiger partial charge in [-0.3, -0.25) is 9.59 Å². The maximum absolute atomic E-state index is 13.8. The van der Waals surface area contributed by atoms with E-state index in [2.05, 4.69) is 5.32 Å². The van der Waals surface area contributed by atoms with Crippen LogP contribution in [0.3, 0.4) is 0 Å². The highest BCUT2D eigenvalue weighted by molar-refractivity contribution is 7.99. The molecule has 1 saturated carbocycles. The lowest BCUT2D eigenvalue weighted by molar-refractivity contribution is -0.139. The Labute approximate surface area is 244 Å². The molecular weight excluding hydrogens is 559 g/mol. The van der Waals surface area contributed by atoms with Crippen LogP contribution in [-0.4, -0.2) is 34.6 Å². The predicted octanol–water partition coefficient (Wildman–Crippen LogP) is 7.58. The van der Waals surface area contributed by atoms with Gasteiger partial charge >= 0.3 is 0 Å². The average molecular weight is 590 g/mol. The van der Waals surface area contributed by atoms with Crippen molar-refractivity contribution >= 4 is 58.4 Å². The summed E-state index contributed by atoms with van der Waals surface area (Å²) >= 11 is 20.3. The Morgan fingerprint density at radius 1 is 0.895 bits per heavy atom. The third-order valence-corrected chi connectivity index (χ3v) is 8.52. The number of carbonyl (C=O) groups excluding carboxylic acids is 2. The van der Waals surface area contributed by atoms with Gasteiger partial charge < -0.3 is 10.2 Å². The topological polar surface area (TPSA) is 49.4 Å². The molecule has 1 fully saturated rings. The number of nitrogens with zero attached hydrogens (tertiary/aromatic N) is 1. The smallest absolute Gasteiger partial charge is 0.243 e. The number of benzene rings is 3. The van der Waals surface area contributed by atoms with Gasteiger partial charge in [-0.05, 0) is 53.8 Å². The van der Waals surface area contributed by atoms with Crippen LogP contribution < -0.4 is 5.32 Å². The van der Waals surface area contributed by atoms with Crippen molar-refractivity contribution in [1.29, 1.82) is 0 Å². The second-order valence-corrected chi connectivity index (χ2v) is 11.8. The highest BCUT2D eigenvalue weighted by atomic mass is 35.5. The Hall–Kier alpha value is -2.18. The Morgan fingerprint density at radius 3 is 2.32 bits per heavy atom. The van der Waals surface area contributed by atoms with Crippen molar-refractivity contribution < 1.29 is 9.59 Å². The second kappa shape index (κ2) is 14.3. The number of nitrogens with one attached hydrogen (secondary N) is 1. The molecule has 0 aliphatic heterocycles. The zero-order valence-corrected chi connectivity index (χ0v) is 24.1. The summed E-state index contributed by atoms with van der Waals surface area (Å²) in [6, 6.07) is 22.1. The molecule has 0 bridgehead atoms. The lowest BCUT2D eigenvalue weighted by Crippen LogP contribution is -2.52. The number of hydrogen-bond acceptors (Lipinski definition) is 3. The van der Waals surface area contributed by atoms with Crippen LogP contribution in [0.25, 0.3) is 0 Å². The van der Waals surface area contributed by atoms with E-state index in [1.165, 1.54) is 11.8 Å². The average Bonchev–Trinajstić information content (AvgIpc) is 3.41. The Kier molecular flexibility index (Phi) is 10.8. The number of hydrogen-bond donors (Lipinski definition) is 1. The monoisotopic (exact) mass is 588 g/mol. The van der Waals surface area contributed by atoms with Gasteiger partial charge in [0.15, 0.2) is 0 Å². The van der Waals surface area contributed by atoms with E-state index in [1.807, 2.05) is 60.7 Å². The molecule has 1 aliphatic carbocycles. The molecule has 0 aromatic heterocycles. The molecule has 0 unspecified atom stereocenters. The van der Waals surface area contributed by atoms with E-state index in [4.69, 9.17) is 34.8 Å². The van der Waals surface area contributed by atoms with Gasteiger partial charge in [0.25, 0.3) is 0 Å².